The Balaban J connectivity index is 1.80. The van der Waals surface area contributed by atoms with E-state index in [0.29, 0.717) is 19.6 Å². The number of aryl methyl sites for hydroxylation is 1. The number of carbonyl (C=O) groups excluding carboxylic acids is 1. The number of nitrogens with one attached hydrogen (secondary N) is 1. The largest absolute Gasteiger partial charge is 0.492 e. The third-order valence-corrected chi connectivity index (χ3v) is 4.53. The third kappa shape index (κ3) is 3.77. The van der Waals surface area contributed by atoms with E-state index >= 15 is 0 Å². The highest BCUT2D eigenvalue weighted by Gasteiger charge is 2.15. The average Bonchev–Trinajstić information content (AvgIpc) is 2.97. The van der Waals surface area contributed by atoms with Gasteiger partial charge in [-0.1, -0.05) is 23.7 Å². The van der Waals surface area contributed by atoms with Gasteiger partial charge >= 0.3 is 0 Å². The summed E-state index contributed by atoms with van der Waals surface area (Å²) in [4.78, 5) is 15.4. The normalized spacial score (nSPS) is 12.1. The van der Waals surface area contributed by atoms with Crippen LogP contribution in [0.3, 0.4) is 0 Å². The van der Waals surface area contributed by atoms with Gasteiger partial charge in [-0.2, -0.15) is 0 Å². The van der Waals surface area contributed by atoms with Crippen molar-refractivity contribution in [2.75, 3.05) is 6.61 Å². The summed E-state index contributed by atoms with van der Waals surface area (Å²) in [5.74, 6) is 1.59. The fourth-order valence-corrected chi connectivity index (χ4v) is 2.92. The highest BCUT2D eigenvalue weighted by Crippen LogP contribution is 2.23. The van der Waals surface area contributed by atoms with Gasteiger partial charge in [-0.3, -0.25) is 4.79 Å². The van der Waals surface area contributed by atoms with Crippen LogP contribution in [0.25, 0.3) is 11.0 Å². The van der Waals surface area contributed by atoms with E-state index in [9.17, 15) is 4.79 Å². The molecule has 0 fully saturated rings. The molecule has 0 radical (unpaired) electrons. The van der Waals surface area contributed by atoms with Gasteiger partial charge in [0.25, 0.3) is 0 Å². The Kier molecular flexibility index (Phi) is 5.24. The molecular weight excluding hydrogens is 338 g/mol. The summed E-state index contributed by atoms with van der Waals surface area (Å²) < 4.78 is 7.94. The zero-order valence-electron chi connectivity index (χ0n) is 14.2. The molecule has 1 amide bonds. The fourth-order valence-electron chi connectivity index (χ4n) is 2.80. The van der Waals surface area contributed by atoms with Crippen molar-refractivity contribution < 1.29 is 9.53 Å². The van der Waals surface area contributed by atoms with Gasteiger partial charge in [0, 0.05) is 5.02 Å². The number of fused-ring (bicyclic) bond motifs is 1. The zero-order chi connectivity index (χ0) is 17.8. The van der Waals surface area contributed by atoms with Gasteiger partial charge in [0.2, 0.25) is 6.41 Å². The van der Waals surface area contributed by atoms with Gasteiger partial charge in [-0.25, -0.2) is 4.98 Å². The molecule has 1 heterocycles. The van der Waals surface area contributed by atoms with Crippen molar-refractivity contribution in [1.29, 1.82) is 0 Å². The SMILES string of the molecule is Cc1cc(OCCn2c([C@@H](C)NC=O)nc3ccccc32)ccc1Cl. The smallest absolute Gasteiger partial charge is 0.207 e. The Bertz CT molecular complexity index is 892. The van der Waals surface area contributed by atoms with Crippen LogP contribution in [0.15, 0.2) is 42.5 Å². The Morgan fingerprint density at radius 2 is 2.12 bits per heavy atom. The molecule has 1 atom stereocenters. The summed E-state index contributed by atoms with van der Waals surface area (Å²) in [6, 6.07) is 13.4. The molecule has 0 aliphatic carbocycles. The molecule has 130 valence electrons. The van der Waals surface area contributed by atoms with Crippen molar-refractivity contribution in [3.8, 4) is 5.75 Å². The monoisotopic (exact) mass is 357 g/mol. The molecule has 0 saturated carbocycles. The highest BCUT2D eigenvalue weighted by molar-refractivity contribution is 6.31. The predicted molar refractivity (Wildman–Crippen MR) is 99.0 cm³/mol. The third-order valence-electron chi connectivity index (χ3n) is 4.10. The van der Waals surface area contributed by atoms with E-state index in [2.05, 4.69) is 14.9 Å². The van der Waals surface area contributed by atoms with Crippen molar-refractivity contribution >= 4 is 29.0 Å². The topological polar surface area (TPSA) is 56.1 Å². The molecule has 0 saturated heterocycles. The molecule has 5 nitrogen and oxygen atoms in total. The van der Waals surface area contributed by atoms with E-state index in [4.69, 9.17) is 16.3 Å². The van der Waals surface area contributed by atoms with E-state index < -0.39 is 0 Å². The van der Waals surface area contributed by atoms with Gasteiger partial charge in [-0.05, 0) is 49.7 Å². The molecule has 6 heteroatoms. The molecule has 0 aliphatic heterocycles. The zero-order valence-corrected chi connectivity index (χ0v) is 15.0. The van der Waals surface area contributed by atoms with E-state index in [1.165, 1.54) is 0 Å². The molecule has 0 spiro atoms. The number of imidazole rings is 1. The highest BCUT2D eigenvalue weighted by atomic mass is 35.5. The molecule has 25 heavy (non-hydrogen) atoms. The van der Waals surface area contributed by atoms with Gasteiger partial charge in [0.05, 0.1) is 23.6 Å². The van der Waals surface area contributed by atoms with Crippen LogP contribution in [-0.4, -0.2) is 22.6 Å². The van der Waals surface area contributed by atoms with E-state index in [-0.39, 0.29) is 6.04 Å². The van der Waals surface area contributed by atoms with E-state index in [1.54, 1.807) is 0 Å². The number of ether oxygens (including phenoxy) is 1. The first kappa shape index (κ1) is 17.3. The summed E-state index contributed by atoms with van der Waals surface area (Å²) in [6.07, 6.45) is 0.696. The van der Waals surface area contributed by atoms with Gasteiger partial charge in [0.15, 0.2) is 0 Å². The molecule has 0 bridgehead atoms. The van der Waals surface area contributed by atoms with Crippen LogP contribution >= 0.6 is 11.6 Å². The first-order valence-corrected chi connectivity index (χ1v) is 8.51. The van der Waals surface area contributed by atoms with Crippen LogP contribution < -0.4 is 10.1 Å². The first-order chi connectivity index (χ1) is 12.1. The molecule has 3 rings (SSSR count). The molecule has 3 aromatic rings. The van der Waals surface area contributed by atoms with Crippen molar-refractivity contribution in [2.45, 2.75) is 26.4 Å². The first-order valence-electron chi connectivity index (χ1n) is 8.14. The minimum absolute atomic E-state index is 0.178. The Morgan fingerprint density at radius 3 is 2.88 bits per heavy atom. The lowest BCUT2D eigenvalue weighted by molar-refractivity contribution is -0.110. The molecule has 2 aromatic carbocycles. The number of para-hydroxylation sites is 2. The van der Waals surface area contributed by atoms with Crippen LogP contribution in [0.4, 0.5) is 0 Å². The number of rotatable bonds is 7. The average molecular weight is 358 g/mol. The van der Waals surface area contributed by atoms with Crippen LogP contribution in [0.2, 0.25) is 5.02 Å². The number of halogens is 1. The minimum atomic E-state index is -0.178. The maximum absolute atomic E-state index is 10.8. The maximum Gasteiger partial charge on any atom is 0.207 e. The fraction of sp³-hybridized carbons (Fsp3) is 0.263. The van der Waals surface area contributed by atoms with Crippen LogP contribution in [0.5, 0.6) is 5.75 Å². The second-order valence-electron chi connectivity index (χ2n) is 5.88. The summed E-state index contributed by atoms with van der Waals surface area (Å²) >= 11 is 6.04. The van der Waals surface area contributed by atoms with Crippen molar-refractivity contribution in [3.63, 3.8) is 0 Å². The van der Waals surface area contributed by atoms with Crippen molar-refractivity contribution in [1.82, 2.24) is 14.9 Å². The van der Waals surface area contributed by atoms with Crippen LogP contribution in [0, 0.1) is 6.92 Å². The minimum Gasteiger partial charge on any atom is -0.492 e. The molecular formula is C19H20ClN3O2. The van der Waals surface area contributed by atoms with Crippen LogP contribution in [0.1, 0.15) is 24.4 Å². The van der Waals surface area contributed by atoms with Crippen molar-refractivity contribution in [2.24, 2.45) is 0 Å². The number of hydrogen-bond acceptors (Lipinski definition) is 3. The Labute approximate surface area is 151 Å². The standard InChI is InChI=1S/C19H20ClN3O2/c1-13-11-15(7-8-16(13)20)25-10-9-23-18-6-4-3-5-17(18)22-19(23)14(2)21-12-24/h3-8,11-12,14H,9-10H2,1-2H3,(H,21,24)/t14-/m1/s1. The molecule has 1 aromatic heterocycles. The second kappa shape index (κ2) is 7.57. The summed E-state index contributed by atoms with van der Waals surface area (Å²) in [5.41, 5.74) is 2.91. The van der Waals surface area contributed by atoms with Gasteiger partial charge in [-0.15, -0.1) is 0 Å². The number of benzene rings is 2. The molecule has 0 unspecified atom stereocenters. The lowest BCUT2D eigenvalue weighted by Gasteiger charge is -2.15. The van der Waals surface area contributed by atoms with E-state index in [1.807, 2.05) is 56.3 Å². The Morgan fingerprint density at radius 1 is 1.32 bits per heavy atom. The predicted octanol–water partition coefficient (Wildman–Crippen LogP) is 3.88. The van der Waals surface area contributed by atoms with Crippen LogP contribution in [-0.2, 0) is 11.3 Å². The lowest BCUT2D eigenvalue weighted by Crippen LogP contribution is -2.22. The summed E-state index contributed by atoms with van der Waals surface area (Å²) in [5, 5.41) is 3.49. The number of hydrogen-bond donors (Lipinski definition) is 1. The number of amides is 1. The Hall–Kier alpha value is -2.53. The quantitative estimate of drug-likeness (QED) is 0.653. The lowest BCUT2D eigenvalue weighted by atomic mass is 10.2. The van der Waals surface area contributed by atoms with Crippen molar-refractivity contribution in [3.05, 3.63) is 58.9 Å². The number of carbonyl (C=O) groups is 1. The van der Waals surface area contributed by atoms with Gasteiger partial charge in [0.1, 0.15) is 18.2 Å². The van der Waals surface area contributed by atoms with Gasteiger partial charge < -0.3 is 14.6 Å². The molecule has 1 N–H and O–H groups in total. The maximum atomic E-state index is 10.8. The summed E-state index contributed by atoms with van der Waals surface area (Å²) in [6.45, 7) is 4.98. The second-order valence-corrected chi connectivity index (χ2v) is 6.28. The molecule has 0 aliphatic rings. The summed E-state index contributed by atoms with van der Waals surface area (Å²) in [7, 11) is 0. The number of nitrogens with zero attached hydrogens (tertiary/aromatic N) is 2. The number of aromatic nitrogens is 2. The van der Waals surface area contributed by atoms with E-state index in [0.717, 1.165) is 33.2 Å².